The summed E-state index contributed by atoms with van der Waals surface area (Å²) in [4.78, 5) is 4.37. The van der Waals surface area contributed by atoms with Crippen LogP contribution in [0.1, 0.15) is 55.5 Å². The number of aromatic nitrogens is 5. The zero-order valence-electron chi connectivity index (χ0n) is 13.3. The van der Waals surface area contributed by atoms with Crippen molar-refractivity contribution in [2.24, 2.45) is 0 Å². The van der Waals surface area contributed by atoms with Crippen molar-refractivity contribution in [3.05, 3.63) is 29.1 Å². The van der Waals surface area contributed by atoms with Gasteiger partial charge in [-0.25, -0.2) is 9.67 Å². The van der Waals surface area contributed by atoms with E-state index in [-0.39, 0.29) is 0 Å². The molecule has 0 atom stereocenters. The van der Waals surface area contributed by atoms with Gasteiger partial charge in [0.25, 0.3) is 0 Å². The molecule has 0 aromatic carbocycles. The number of nitrogens with one attached hydrogen (secondary N) is 1. The Balaban J connectivity index is 1.78. The average molecular weight is 288 g/mol. The molecular formula is C15H24N6. The molecule has 0 radical (unpaired) electrons. The Labute approximate surface area is 125 Å². The lowest BCUT2D eigenvalue weighted by Crippen LogP contribution is -2.17. The summed E-state index contributed by atoms with van der Waals surface area (Å²) in [5.74, 6) is 0.956. The van der Waals surface area contributed by atoms with E-state index in [1.54, 1.807) is 6.33 Å². The maximum Gasteiger partial charge on any atom is 0.148 e. The molecule has 0 amide bonds. The Hall–Kier alpha value is -1.69. The topological polar surface area (TPSA) is 60.6 Å². The quantitative estimate of drug-likeness (QED) is 0.883. The summed E-state index contributed by atoms with van der Waals surface area (Å²) in [6.07, 6.45) is 4.24. The van der Waals surface area contributed by atoms with Crippen LogP contribution in [0.2, 0.25) is 0 Å². The van der Waals surface area contributed by atoms with Gasteiger partial charge < -0.3 is 5.32 Å². The largest absolute Gasteiger partial charge is 0.310 e. The van der Waals surface area contributed by atoms with Crippen LogP contribution in [0.15, 0.2) is 6.33 Å². The van der Waals surface area contributed by atoms with E-state index < -0.39 is 0 Å². The zero-order valence-corrected chi connectivity index (χ0v) is 13.3. The van der Waals surface area contributed by atoms with E-state index in [1.807, 2.05) is 9.36 Å². The monoisotopic (exact) mass is 288 g/mol. The lowest BCUT2D eigenvalue weighted by atomic mass is 10.2. The molecule has 2 aromatic heterocycles. The van der Waals surface area contributed by atoms with E-state index >= 15 is 0 Å². The van der Waals surface area contributed by atoms with Crippen LogP contribution in [0.25, 0.3) is 0 Å². The highest BCUT2D eigenvalue weighted by Crippen LogP contribution is 2.21. The van der Waals surface area contributed by atoms with Gasteiger partial charge in [-0.3, -0.25) is 4.68 Å². The molecule has 1 saturated carbocycles. The smallest absolute Gasteiger partial charge is 0.148 e. The van der Waals surface area contributed by atoms with Crippen LogP contribution >= 0.6 is 0 Å². The van der Waals surface area contributed by atoms with Crippen LogP contribution in [0.5, 0.6) is 0 Å². The molecule has 6 nitrogen and oxygen atoms in total. The maximum absolute atomic E-state index is 4.68. The summed E-state index contributed by atoms with van der Waals surface area (Å²) < 4.78 is 4.00. The Morgan fingerprint density at radius 2 is 2.10 bits per heavy atom. The lowest BCUT2D eigenvalue weighted by molar-refractivity contribution is 0.485. The normalized spacial score (nSPS) is 15.1. The SMILES string of the molecule is Cc1nn(Cc2ncnn2C(C)C)c(C)c1CNC1CC1. The Morgan fingerprint density at radius 1 is 1.33 bits per heavy atom. The Bertz CT molecular complexity index is 620. The molecule has 6 heteroatoms. The Morgan fingerprint density at radius 3 is 2.76 bits per heavy atom. The predicted octanol–water partition coefficient (Wildman–Crippen LogP) is 1.97. The minimum atomic E-state index is 0.315. The highest BCUT2D eigenvalue weighted by Gasteiger charge is 2.22. The summed E-state index contributed by atoms with van der Waals surface area (Å²) in [7, 11) is 0. The fourth-order valence-electron chi connectivity index (χ4n) is 2.63. The number of hydrogen-bond acceptors (Lipinski definition) is 4. The van der Waals surface area contributed by atoms with Crippen molar-refractivity contribution >= 4 is 0 Å². The van der Waals surface area contributed by atoms with E-state index in [9.17, 15) is 0 Å². The molecule has 1 aliphatic rings. The van der Waals surface area contributed by atoms with Crippen molar-refractivity contribution in [1.82, 2.24) is 29.9 Å². The third kappa shape index (κ3) is 3.00. The third-order valence-corrected chi connectivity index (χ3v) is 4.10. The van der Waals surface area contributed by atoms with Gasteiger partial charge >= 0.3 is 0 Å². The fraction of sp³-hybridized carbons (Fsp3) is 0.667. The van der Waals surface area contributed by atoms with Gasteiger partial charge in [0, 0.05) is 29.9 Å². The van der Waals surface area contributed by atoms with Gasteiger partial charge in [0.15, 0.2) is 0 Å². The van der Waals surface area contributed by atoms with Gasteiger partial charge in [0.1, 0.15) is 18.7 Å². The van der Waals surface area contributed by atoms with Gasteiger partial charge in [-0.2, -0.15) is 10.2 Å². The number of aryl methyl sites for hydroxylation is 1. The molecule has 1 aliphatic carbocycles. The first kappa shape index (κ1) is 14.3. The van der Waals surface area contributed by atoms with Crippen LogP contribution in [0.3, 0.4) is 0 Å². The van der Waals surface area contributed by atoms with Crippen molar-refractivity contribution in [3.63, 3.8) is 0 Å². The van der Waals surface area contributed by atoms with E-state index in [0.717, 1.165) is 24.1 Å². The van der Waals surface area contributed by atoms with E-state index in [1.165, 1.54) is 24.1 Å². The second kappa shape index (κ2) is 5.60. The van der Waals surface area contributed by atoms with Gasteiger partial charge in [-0.1, -0.05) is 0 Å². The van der Waals surface area contributed by atoms with Crippen molar-refractivity contribution < 1.29 is 0 Å². The average Bonchev–Trinajstić information content (AvgIpc) is 3.07. The number of rotatable bonds is 6. The molecule has 0 unspecified atom stereocenters. The van der Waals surface area contributed by atoms with Crippen molar-refractivity contribution in [1.29, 1.82) is 0 Å². The molecule has 1 N–H and O–H groups in total. The van der Waals surface area contributed by atoms with E-state index in [0.29, 0.717) is 12.6 Å². The van der Waals surface area contributed by atoms with Crippen LogP contribution in [-0.4, -0.2) is 30.6 Å². The molecule has 2 aromatic rings. The summed E-state index contributed by atoms with van der Waals surface area (Å²) >= 11 is 0. The maximum atomic E-state index is 4.68. The molecule has 3 rings (SSSR count). The first-order valence-corrected chi connectivity index (χ1v) is 7.71. The van der Waals surface area contributed by atoms with Gasteiger partial charge in [0.2, 0.25) is 0 Å². The van der Waals surface area contributed by atoms with Gasteiger partial charge in [-0.15, -0.1) is 0 Å². The highest BCUT2D eigenvalue weighted by atomic mass is 15.4. The zero-order chi connectivity index (χ0) is 15.0. The van der Waals surface area contributed by atoms with Crippen LogP contribution < -0.4 is 5.32 Å². The van der Waals surface area contributed by atoms with Crippen molar-refractivity contribution in [2.75, 3.05) is 0 Å². The summed E-state index contributed by atoms with van der Waals surface area (Å²) in [5, 5.41) is 12.5. The van der Waals surface area contributed by atoms with Crippen molar-refractivity contribution in [3.8, 4) is 0 Å². The van der Waals surface area contributed by atoms with Crippen LogP contribution in [0.4, 0.5) is 0 Å². The van der Waals surface area contributed by atoms with Gasteiger partial charge in [0.05, 0.1) is 5.69 Å². The van der Waals surface area contributed by atoms with Crippen LogP contribution in [0, 0.1) is 13.8 Å². The second-order valence-electron chi connectivity index (χ2n) is 6.18. The summed E-state index contributed by atoms with van der Waals surface area (Å²) in [6.45, 7) is 10.0. The first-order valence-electron chi connectivity index (χ1n) is 7.71. The van der Waals surface area contributed by atoms with E-state index in [4.69, 9.17) is 0 Å². The minimum Gasteiger partial charge on any atom is -0.310 e. The molecular weight excluding hydrogens is 264 g/mol. The molecule has 2 heterocycles. The van der Waals surface area contributed by atoms with E-state index in [2.05, 4.69) is 48.2 Å². The molecule has 0 aliphatic heterocycles. The molecule has 0 saturated heterocycles. The summed E-state index contributed by atoms with van der Waals surface area (Å²) in [6, 6.07) is 1.03. The first-order chi connectivity index (χ1) is 10.1. The molecule has 1 fully saturated rings. The van der Waals surface area contributed by atoms with Crippen molar-refractivity contribution in [2.45, 2.75) is 65.7 Å². The Kier molecular flexibility index (Phi) is 3.80. The fourth-order valence-corrected chi connectivity index (χ4v) is 2.63. The molecule has 114 valence electrons. The molecule has 21 heavy (non-hydrogen) atoms. The highest BCUT2D eigenvalue weighted by molar-refractivity contribution is 5.25. The van der Waals surface area contributed by atoms with Gasteiger partial charge in [-0.05, 0) is 40.5 Å². The van der Waals surface area contributed by atoms with Crippen LogP contribution in [-0.2, 0) is 13.1 Å². The second-order valence-corrected chi connectivity index (χ2v) is 6.18. The summed E-state index contributed by atoms with van der Waals surface area (Å²) in [5.41, 5.74) is 3.65. The number of nitrogens with zero attached hydrogens (tertiary/aromatic N) is 5. The standard InChI is InChI=1S/C15H24N6/c1-10(2)21-15(17-9-18-21)8-20-12(4)14(11(3)19-20)7-16-13-5-6-13/h9-10,13,16H,5-8H2,1-4H3. The minimum absolute atomic E-state index is 0.315. The lowest BCUT2D eigenvalue weighted by Gasteiger charge is -2.10. The number of hydrogen-bond donors (Lipinski definition) is 1. The molecule has 0 bridgehead atoms. The predicted molar refractivity (Wildman–Crippen MR) is 81.1 cm³/mol. The third-order valence-electron chi connectivity index (χ3n) is 4.10. The molecule has 0 spiro atoms.